The molecule has 1 aliphatic heterocycles. The standard InChI is InChI=1S/C28H25N3O5S/c1-2-26(32)30-28-16-21-17-31(18-25(21)36-28)37(34,35)23-13-11-22(12-14-23)29-27(33)15-10-20-8-5-7-19-6-3-4-9-24(19)20/h2-9,11-14,16H,1,10,15,17-18H2,(H,29,33)(H,30,32). The fourth-order valence-corrected chi connectivity index (χ4v) is 5.76. The number of nitrogens with zero attached hydrogens (tertiary/aromatic N) is 1. The quantitative estimate of drug-likeness (QED) is 0.327. The molecule has 8 nitrogen and oxygen atoms in total. The first-order valence-corrected chi connectivity index (χ1v) is 13.2. The van der Waals surface area contributed by atoms with Gasteiger partial charge in [0.2, 0.25) is 21.8 Å². The van der Waals surface area contributed by atoms with Crippen LogP contribution >= 0.6 is 0 Å². The number of fused-ring (bicyclic) bond motifs is 2. The largest absolute Gasteiger partial charge is 0.444 e. The van der Waals surface area contributed by atoms with Crippen LogP contribution in [0.5, 0.6) is 0 Å². The van der Waals surface area contributed by atoms with Gasteiger partial charge in [0, 0.05) is 30.3 Å². The van der Waals surface area contributed by atoms with Crippen molar-refractivity contribution >= 4 is 44.2 Å². The highest BCUT2D eigenvalue weighted by atomic mass is 32.2. The number of nitrogens with one attached hydrogen (secondary N) is 2. The monoisotopic (exact) mass is 515 g/mol. The van der Waals surface area contributed by atoms with E-state index in [-0.39, 0.29) is 29.8 Å². The Morgan fingerprint density at radius 3 is 2.49 bits per heavy atom. The number of rotatable bonds is 8. The van der Waals surface area contributed by atoms with Crippen molar-refractivity contribution in [3.05, 3.63) is 102 Å². The third-order valence-electron chi connectivity index (χ3n) is 6.27. The van der Waals surface area contributed by atoms with Crippen LogP contribution in [0.15, 0.2) is 94.8 Å². The second kappa shape index (κ2) is 10.0. The summed E-state index contributed by atoms with van der Waals surface area (Å²) in [7, 11) is -3.77. The lowest BCUT2D eigenvalue weighted by atomic mass is 10.0. The maximum Gasteiger partial charge on any atom is 0.250 e. The lowest BCUT2D eigenvalue weighted by Crippen LogP contribution is -2.25. The molecular weight excluding hydrogens is 490 g/mol. The first kappa shape index (κ1) is 24.5. The molecule has 0 aliphatic carbocycles. The molecule has 5 rings (SSSR count). The van der Waals surface area contributed by atoms with E-state index in [9.17, 15) is 18.0 Å². The SMILES string of the molecule is C=CC(=O)Nc1cc2c(o1)CN(S(=O)(=O)c1ccc(NC(=O)CCc3cccc4ccccc34)cc1)C2. The number of furan rings is 1. The molecule has 4 aromatic rings. The van der Waals surface area contributed by atoms with Gasteiger partial charge in [-0.05, 0) is 53.1 Å². The van der Waals surface area contributed by atoms with Gasteiger partial charge in [-0.1, -0.05) is 49.0 Å². The zero-order valence-corrected chi connectivity index (χ0v) is 20.8. The number of benzene rings is 3. The molecule has 0 saturated carbocycles. The van der Waals surface area contributed by atoms with Crippen LogP contribution < -0.4 is 10.6 Å². The van der Waals surface area contributed by atoms with E-state index in [1.165, 1.54) is 16.4 Å². The Morgan fingerprint density at radius 1 is 0.973 bits per heavy atom. The Morgan fingerprint density at radius 2 is 1.73 bits per heavy atom. The lowest BCUT2D eigenvalue weighted by molar-refractivity contribution is -0.116. The zero-order valence-electron chi connectivity index (χ0n) is 19.9. The van der Waals surface area contributed by atoms with Crippen LogP contribution in [0.2, 0.25) is 0 Å². The van der Waals surface area contributed by atoms with Crippen LogP contribution in [0.25, 0.3) is 10.8 Å². The summed E-state index contributed by atoms with van der Waals surface area (Å²) in [4.78, 5) is 24.1. The summed E-state index contributed by atoms with van der Waals surface area (Å²) in [5.41, 5.74) is 2.32. The summed E-state index contributed by atoms with van der Waals surface area (Å²) in [5.74, 6) is 0.190. The van der Waals surface area contributed by atoms with Crippen LogP contribution in [0, 0.1) is 0 Å². The summed E-state index contributed by atoms with van der Waals surface area (Å²) in [6.45, 7) is 3.59. The van der Waals surface area contributed by atoms with Gasteiger partial charge in [0.25, 0.3) is 0 Å². The molecule has 0 spiro atoms. The van der Waals surface area contributed by atoms with Crippen LogP contribution in [0.4, 0.5) is 11.6 Å². The molecule has 0 fully saturated rings. The zero-order chi connectivity index (χ0) is 26.0. The lowest BCUT2D eigenvalue weighted by Gasteiger charge is -2.16. The van der Waals surface area contributed by atoms with Crippen LogP contribution in [-0.2, 0) is 39.1 Å². The third-order valence-corrected chi connectivity index (χ3v) is 8.08. The second-order valence-corrected chi connectivity index (χ2v) is 10.7. The van der Waals surface area contributed by atoms with Crippen molar-refractivity contribution in [3.63, 3.8) is 0 Å². The molecule has 1 aromatic heterocycles. The minimum absolute atomic E-state index is 0.0638. The van der Waals surface area contributed by atoms with Gasteiger partial charge in [0.05, 0.1) is 11.4 Å². The van der Waals surface area contributed by atoms with Crippen LogP contribution in [0.3, 0.4) is 0 Å². The molecule has 0 unspecified atom stereocenters. The molecule has 0 bridgehead atoms. The van der Waals surface area contributed by atoms with Crippen LogP contribution in [0.1, 0.15) is 23.3 Å². The van der Waals surface area contributed by atoms with Gasteiger partial charge < -0.3 is 9.73 Å². The number of carbonyl (C=O) groups excluding carboxylic acids is 2. The van der Waals surface area contributed by atoms with Crippen molar-refractivity contribution in [1.82, 2.24) is 4.31 Å². The van der Waals surface area contributed by atoms with Gasteiger partial charge in [-0.2, -0.15) is 4.31 Å². The van der Waals surface area contributed by atoms with Gasteiger partial charge in [0.1, 0.15) is 5.76 Å². The van der Waals surface area contributed by atoms with Gasteiger partial charge in [0.15, 0.2) is 5.88 Å². The van der Waals surface area contributed by atoms with E-state index in [0.717, 1.165) is 22.4 Å². The molecule has 1 aliphatic rings. The first-order valence-electron chi connectivity index (χ1n) is 11.8. The molecule has 0 atom stereocenters. The Labute approximate surface area is 214 Å². The molecule has 9 heteroatoms. The Balaban J connectivity index is 1.19. The van der Waals surface area contributed by atoms with Crippen molar-refractivity contribution in [2.45, 2.75) is 30.8 Å². The number of aryl methyl sites for hydroxylation is 1. The number of sulfonamides is 1. The van der Waals surface area contributed by atoms with Gasteiger partial charge in [-0.15, -0.1) is 0 Å². The van der Waals surface area contributed by atoms with E-state index in [1.54, 1.807) is 18.2 Å². The molecule has 2 amide bonds. The summed E-state index contributed by atoms with van der Waals surface area (Å²) in [5, 5.41) is 7.64. The molecule has 2 heterocycles. The van der Waals surface area contributed by atoms with Gasteiger partial charge in [-0.3, -0.25) is 14.9 Å². The topological polar surface area (TPSA) is 109 Å². The Hall–Kier alpha value is -4.21. The highest BCUT2D eigenvalue weighted by Gasteiger charge is 2.33. The summed E-state index contributed by atoms with van der Waals surface area (Å²) in [6.07, 6.45) is 2.03. The number of carbonyl (C=O) groups is 2. The molecule has 188 valence electrons. The minimum atomic E-state index is -3.77. The van der Waals surface area contributed by atoms with E-state index >= 15 is 0 Å². The van der Waals surface area contributed by atoms with E-state index in [0.29, 0.717) is 29.9 Å². The maximum absolute atomic E-state index is 13.1. The third kappa shape index (κ3) is 5.18. The maximum atomic E-state index is 13.1. The Kier molecular flexibility index (Phi) is 6.64. The average Bonchev–Trinajstić information content (AvgIpc) is 3.47. The normalized spacial score (nSPS) is 13.3. The average molecular weight is 516 g/mol. The summed E-state index contributed by atoms with van der Waals surface area (Å²) >= 11 is 0. The molecular formula is C28H25N3O5S. The van der Waals surface area contributed by atoms with E-state index in [1.807, 2.05) is 42.5 Å². The van der Waals surface area contributed by atoms with E-state index in [4.69, 9.17) is 4.42 Å². The number of anilines is 2. The molecule has 0 saturated heterocycles. The van der Waals surface area contributed by atoms with Crippen LogP contribution in [-0.4, -0.2) is 24.5 Å². The summed E-state index contributed by atoms with van der Waals surface area (Å²) < 4.78 is 33.1. The minimum Gasteiger partial charge on any atom is -0.444 e. The second-order valence-electron chi connectivity index (χ2n) is 8.74. The molecule has 2 N–H and O–H groups in total. The smallest absolute Gasteiger partial charge is 0.250 e. The molecule has 3 aromatic carbocycles. The number of amides is 2. The summed E-state index contributed by atoms with van der Waals surface area (Å²) in [6, 6.07) is 21.9. The molecule has 0 radical (unpaired) electrons. The van der Waals surface area contributed by atoms with Crippen molar-refractivity contribution in [2.75, 3.05) is 10.6 Å². The van der Waals surface area contributed by atoms with E-state index in [2.05, 4.69) is 17.2 Å². The highest BCUT2D eigenvalue weighted by molar-refractivity contribution is 7.89. The Bertz CT molecular complexity index is 1580. The molecule has 37 heavy (non-hydrogen) atoms. The van der Waals surface area contributed by atoms with Crippen molar-refractivity contribution < 1.29 is 22.4 Å². The van der Waals surface area contributed by atoms with Crippen molar-refractivity contribution in [2.24, 2.45) is 0 Å². The fraction of sp³-hybridized carbons (Fsp3) is 0.143. The fourth-order valence-electron chi connectivity index (χ4n) is 4.39. The predicted octanol–water partition coefficient (Wildman–Crippen LogP) is 4.83. The number of hydrogen-bond donors (Lipinski definition) is 2. The first-order chi connectivity index (χ1) is 17.8. The predicted molar refractivity (Wildman–Crippen MR) is 141 cm³/mol. The van der Waals surface area contributed by atoms with E-state index < -0.39 is 15.9 Å². The van der Waals surface area contributed by atoms with Gasteiger partial charge >= 0.3 is 0 Å². The van der Waals surface area contributed by atoms with Gasteiger partial charge in [-0.25, -0.2) is 8.42 Å². The highest BCUT2D eigenvalue weighted by Crippen LogP contribution is 2.33. The van der Waals surface area contributed by atoms with Crippen molar-refractivity contribution in [1.29, 1.82) is 0 Å². The number of hydrogen-bond acceptors (Lipinski definition) is 5. The van der Waals surface area contributed by atoms with Crippen molar-refractivity contribution in [3.8, 4) is 0 Å².